The first kappa shape index (κ1) is 26.4. The third kappa shape index (κ3) is 14.4. The normalized spacial score (nSPS) is 11.8. The molecule has 0 fully saturated rings. The highest BCUT2D eigenvalue weighted by Crippen LogP contribution is 2.43. The van der Waals surface area contributed by atoms with Crippen molar-refractivity contribution in [3.05, 3.63) is 0 Å². The van der Waals surface area contributed by atoms with Crippen molar-refractivity contribution in [2.75, 3.05) is 5.75 Å². The van der Waals surface area contributed by atoms with E-state index in [-0.39, 0.29) is 4.75 Å². The van der Waals surface area contributed by atoms with Gasteiger partial charge < -0.3 is 0 Å². The second-order valence-electron chi connectivity index (χ2n) is 7.82. The summed E-state index contributed by atoms with van der Waals surface area (Å²) in [7, 11) is 0. The van der Waals surface area contributed by atoms with Gasteiger partial charge in [0.25, 0.3) is 0 Å². The maximum atomic E-state index is 12.6. The minimum atomic E-state index is 0.215. The summed E-state index contributed by atoms with van der Waals surface area (Å²) in [5.74, 6) is 1.02. The lowest BCUT2D eigenvalue weighted by molar-refractivity contribution is 0.276. The lowest BCUT2D eigenvalue weighted by atomic mass is 9.90. The summed E-state index contributed by atoms with van der Waals surface area (Å²) in [6.07, 6.45) is 20.4. The van der Waals surface area contributed by atoms with Gasteiger partial charge in [-0.3, -0.25) is 4.79 Å². The first-order valence-corrected chi connectivity index (χ1v) is 13.3. The molecule has 0 aromatic carbocycles. The van der Waals surface area contributed by atoms with E-state index in [1.165, 1.54) is 103 Å². The average molecular weight is 403 g/mol. The summed E-state index contributed by atoms with van der Waals surface area (Å²) < 4.78 is 0.603. The van der Waals surface area contributed by atoms with Crippen LogP contribution in [0.5, 0.6) is 0 Å². The van der Waals surface area contributed by atoms with Gasteiger partial charge in [0, 0.05) is 10.5 Å². The molecule has 0 heterocycles. The van der Waals surface area contributed by atoms with Gasteiger partial charge in [-0.2, -0.15) is 0 Å². The summed E-state index contributed by atoms with van der Waals surface area (Å²) in [6.45, 7) is 9.08. The molecule has 0 spiro atoms. The Morgan fingerprint density at radius 1 is 0.615 bits per heavy atom. The van der Waals surface area contributed by atoms with Gasteiger partial charge in [0.15, 0.2) is 0 Å². The van der Waals surface area contributed by atoms with Crippen LogP contribution in [0.3, 0.4) is 0 Å². The molecule has 0 aromatic heterocycles. The van der Waals surface area contributed by atoms with E-state index >= 15 is 0 Å². The second-order valence-corrected chi connectivity index (χ2v) is 10.6. The van der Waals surface area contributed by atoms with Crippen molar-refractivity contribution >= 4 is 28.0 Å². The van der Waals surface area contributed by atoms with Gasteiger partial charge in [0.05, 0.1) is 0 Å². The van der Waals surface area contributed by atoms with E-state index in [0.29, 0.717) is 4.45 Å². The maximum Gasteiger partial charge on any atom is 0.246 e. The molecule has 0 aliphatic carbocycles. The van der Waals surface area contributed by atoms with Crippen molar-refractivity contribution in [1.82, 2.24) is 0 Å². The molecular formula is C23H46OS2. The van der Waals surface area contributed by atoms with Gasteiger partial charge >= 0.3 is 0 Å². The van der Waals surface area contributed by atoms with Crippen molar-refractivity contribution in [2.24, 2.45) is 0 Å². The Hall–Kier alpha value is 0.370. The Morgan fingerprint density at radius 2 is 1.04 bits per heavy atom. The van der Waals surface area contributed by atoms with Crippen molar-refractivity contribution in [2.45, 2.75) is 135 Å². The molecule has 0 aliphatic heterocycles. The van der Waals surface area contributed by atoms with Gasteiger partial charge in [-0.05, 0) is 25.7 Å². The standard InChI is InChI=1S/C23H46OS2/c1-5-9-13-14-15-16-17-21-25-22(24)26-23(18-10-6-2,19-11-7-3)20-12-8-4/h5-21H2,1-4H3. The highest BCUT2D eigenvalue weighted by molar-refractivity contribution is 8.39. The summed E-state index contributed by atoms with van der Waals surface area (Å²) >= 11 is 3.31. The fraction of sp³-hybridized carbons (Fsp3) is 0.957. The third-order valence-corrected chi connectivity index (χ3v) is 7.77. The molecule has 156 valence electrons. The fourth-order valence-corrected chi connectivity index (χ4v) is 6.07. The Kier molecular flexibility index (Phi) is 19.0. The second kappa shape index (κ2) is 18.7. The molecule has 0 bridgehead atoms. The Balaban J connectivity index is 4.28. The Labute approximate surface area is 173 Å². The summed E-state index contributed by atoms with van der Waals surface area (Å²) in [4.78, 5) is 12.6. The number of unbranched alkanes of at least 4 members (excludes halogenated alkanes) is 9. The molecule has 26 heavy (non-hydrogen) atoms. The Morgan fingerprint density at radius 3 is 1.50 bits per heavy atom. The lowest BCUT2D eigenvalue weighted by Crippen LogP contribution is -2.26. The number of rotatable bonds is 18. The van der Waals surface area contributed by atoms with E-state index in [1.54, 1.807) is 23.5 Å². The van der Waals surface area contributed by atoms with Gasteiger partial charge in [-0.1, -0.05) is 128 Å². The van der Waals surface area contributed by atoms with Crippen molar-refractivity contribution in [1.29, 1.82) is 0 Å². The minimum Gasteiger partial charge on any atom is -0.274 e. The van der Waals surface area contributed by atoms with Crippen molar-refractivity contribution < 1.29 is 4.79 Å². The quantitative estimate of drug-likeness (QED) is 0.212. The van der Waals surface area contributed by atoms with Crippen LogP contribution in [0.25, 0.3) is 0 Å². The van der Waals surface area contributed by atoms with Gasteiger partial charge in [0.1, 0.15) is 0 Å². The van der Waals surface area contributed by atoms with E-state index < -0.39 is 0 Å². The molecule has 3 heteroatoms. The van der Waals surface area contributed by atoms with Gasteiger partial charge in [-0.15, -0.1) is 0 Å². The molecule has 0 atom stereocenters. The first-order valence-electron chi connectivity index (χ1n) is 11.5. The number of hydrogen-bond donors (Lipinski definition) is 0. The summed E-state index contributed by atoms with van der Waals surface area (Å²) in [5, 5.41) is 0. The van der Waals surface area contributed by atoms with Crippen LogP contribution in [-0.4, -0.2) is 14.9 Å². The zero-order chi connectivity index (χ0) is 19.5. The van der Waals surface area contributed by atoms with Crippen molar-refractivity contribution in [3.63, 3.8) is 0 Å². The molecule has 0 aromatic rings. The van der Waals surface area contributed by atoms with Crippen molar-refractivity contribution in [3.8, 4) is 0 Å². The first-order chi connectivity index (χ1) is 12.6. The minimum absolute atomic E-state index is 0.215. The predicted octanol–water partition coefficient (Wildman–Crippen LogP) is 9.63. The topological polar surface area (TPSA) is 17.1 Å². The van der Waals surface area contributed by atoms with Crippen LogP contribution in [-0.2, 0) is 0 Å². The van der Waals surface area contributed by atoms with E-state index in [9.17, 15) is 4.79 Å². The van der Waals surface area contributed by atoms with Crippen LogP contribution in [0.2, 0.25) is 0 Å². The largest absolute Gasteiger partial charge is 0.274 e. The molecule has 0 radical (unpaired) electrons. The molecule has 1 nitrogen and oxygen atoms in total. The lowest BCUT2D eigenvalue weighted by Gasteiger charge is -2.32. The number of thioether (sulfide) groups is 2. The van der Waals surface area contributed by atoms with E-state index in [1.807, 2.05) is 0 Å². The number of hydrogen-bond acceptors (Lipinski definition) is 3. The van der Waals surface area contributed by atoms with Gasteiger partial charge in [-0.25, -0.2) is 0 Å². The highest BCUT2D eigenvalue weighted by atomic mass is 32.2. The van der Waals surface area contributed by atoms with Crippen LogP contribution < -0.4 is 0 Å². The van der Waals surface area contributed by atoms with Crippen LogP contribution in [0.1, 0.15) is 130 Å². The summed E-state index contributed by atoms with van der Waals surface area (Å²) in [6, 6.07) is 0. The van der Waals surface area contributed by atoms with Crippen LogP contribution in [0.4, 0.5) is 4.79 Å². The average Bonchev–Trinajstić information content (AvgIpc) is 2.65. The van der Waals surface area contributed by atoms with E-state index in [0.717, 1.165) is 5.75 Å². The highest BCUT2D eigenvalue weighted by Gasteiger charge is 2.32. The van der Waals surface area contributed by atoms with Gasteiger partial charge in [0.2, 0.25) is 4.45 Å². The zero-order valence-electron chi connectivity index (χ0n) is 18.2. The summed E-state index contributed by atoms with van der Waals surface area (Å²) in [5.41, 5.74) is 0. The fourth-order valence-electron chi connectivity index (χ4n) is 3.45. The van der Waals surface area contributed by atoms with E-state index in [4.69, 9.17) is 0 Å². The SMILES string of the molecule is CCCCCCCCCSC(=O)SC(CCCC)(CCCC)CCCC. The molecule has 0 rings (SSSR count). The smallest absolute Gasteiger partial charge is 0.246 e. The Bertz CT molecular complexity index is 296. The predicted molar refractivity (Wildman–Crippen MR) is 125 cm³/mol. The molecular weight excluding hydrogens is 356 g/mol. The molecule has 0 N–H and O–H groups in total. The number of carbonyl (C=O) groups excluding carboxylic acids is 1. The van der Waals surface area contributed by atoms with E-state index in [2.05, 4.69) is 27.7 Å². The van der Waals surface area contributed by atoms with Crippen LogP contribution in [0, 0.1) is 0 Å². The molecule has 0 saturated carbocycles. The van der Waals surface area contributed by atoms with Crippen LogP contribution >= 0.6 is 23.5 Å². The number of carbonyl (C=O) groups is 1. The molecule has 0 unspecified atom stereocenters. The molecule has 0 aliphatic rings. The molecule has 0 amide bonds. The maximum absolute atomic E-state index is 12.6. The monoisotopic (exact) mass is 402 g/mol. The molecule has 0 saturated heterocycles. The zero-order valence-corrected chi connectivity index (χ0v) is 19.9. The third-order valence-electron chi connectivity index (χ3n) is 5.23. The van der Waals surface area contributed by atoms with Crippen LogP contribution in [0.15, 0.2) is 0 Å².